The minimum Gasteiger partial charge on any atom is -0.394 e. The van der Waals surface area contributed by atoms with Crippen molar-refractivity contribution < 1.29 is 9.63 Å². The van der Waals surface area contributed by atoms with Crippen LogP contribution in [0.3, 0.4) is 0 Å². The van der Waals surface area contributed by atoms with Crippen molar-refractivity contribution in [2.45, 2.75) is 25.9 Å². The molecule has 0 spiro atoms. The van der Waals surface area contributed by atoms with E-state index in [-0.39, 0.29) is 30.0 Å². The molecule has 6 rings (SSSR count). The van der Waals surface area contributed by atoms with E-state index in [2.05, 4.69) is 35.7 Å². The normalized spacial score (nSPS) is 12.1. The molecule has 0 aliphatic heterocycles. The van der Waals surface area contributed by atoms with Gasteiger partial charge < -0.3 is 20.3 Å². The fraction of sp³-hybridized carbons (Fsp3) is 0.207. The predicted molar refractivity (Wildman–Crippen MR) is 157 cm³/mol. The number of anilines is 3. The minimum absolute atomic E-state index is 0.0223. The van der Waals surface area contributed by atoms with E-state index in [0.717, 1.165) is 11.1 Å². The van der Waals surface area contributed by atoms with Gasteiger partial charge in [0, 0.05) is 37.2 Å². The van der Waals surface area contributed by atoms with E-state index in [9.17, 15) is 9.90 Å². The third-order valence-electron chi connectivity index (χ3n) is 6.75. The second kappa shape index (κ2) is 11.2. The predicted octanol–water partition coefficient (Wildman–Crippen LogP) is 4.11. The lowest BCUT2D eigenvalue weighted by atomic mass is 10.1. The third kappa shape index (κ3) is 5.08. The molecule has 13 nitrogen and oxygen atoms in total. The van der Waals surface area contributed by atoms with Gasteiger partial charge in [0.25, 0.3) is 11.4 Å². The number of pyridine rings is 2. The fourth-order valence-electron chi connectivity index (χ4n) is 4.72. The molecule has 212 valence electrons. The zero-order valence-corrected chi connectivity index (χ0v) is 23.1. The minimum atomic E-state index is -0.477. The lowest BCUT2D eigenvalue weighted by Crippen LogP contribution is -2.20. The SMILES string of the molecule is CC(C)n1c2nc(Nc3ncc(-c4nc(-c5ccncc5)no4)c(N[C@H](CO)c4ccccc4)n3)ccc2c(=O)n1C. The molecule has 0 saturated heterocycles. The van der Waals surface area contributed by atoms with Crippen LogP contribution in [0.4, 0.5) is 17.6 Å². The van der Waals surface area contributed by atoms with Crippen LogP contribution in [0.15, 0.2) is 82.5 Å². The van der Waals surface area contributed by atoms with Crippen molar-refractivity contribution in [1.82, 2.24) is 39.4 Å². The molecule has 1 atom stereocenters. The maximum absolute atomic E-state index is 12.7. The molecular formula is C29H28N10O3. The lowest BCUT2D eigenvalue weighted by Gasteiger charge is -2.19. The molecule has 0 saturated carbocycles. The van der Waals surface area contributed by atoms with E-state index < -0.39 is 6.04 Å². The van der Waals surface area contributed by atoms with Gasteiger partial charge in [-0.25, -0.2) is 9.97 Å². The summed E-state index contributed by atoms with van der Waals surface area (Å²) < 4.78 is 8.98. The Kier molecular flexibility index (Phi) is 7.15. The van der Waals surface area contributed by atoms with Crippen LogP contribution in [-0.4, -0.2) is 51.2 Å². The first-order valence-corrected chi connectivity index (χ1v) is 13.3. The Balaban J connectivity index is 1.39. The zero-order valence-electron chi connectivity index (χ0n) is 23.1. The summed E-state index contributed by atoms with van der Waals surface area (Å²) in [7, 11) is 1.72. The van der Waals surface area contributed by atoms with Gasteiger partial charge in [0.2, 0.25) is 11.8 Å². The molecule has 13 heteroatoms. The van der Waals surface area contributed by atoms with E-state index in [0.29, 0.717) is 34.1 Å². The second-order valence-corrected chi connectivity index (χ2v) is 9.86. The van der Waals surface area contributed by atoms with Crippen LogP contribution in [0.25, 0.3) is 33.9 Å². The Morgan fingerprint density at radius 2 is 1.79 bits per heavy atom. The maximum atomic E-state index is 12.7. The molecule has 0 unspecified atom stereocenters. The van der Waals surface area contributed by atoms with Gasteiger partial charge in [-0.05, 0) is 43.7 Å². The average Bonchev–Trinajstić information content (AvgIpc) is 3.60. The van der Waals surface area contributed by atoms with E-state index >= 15 is 0 Å². The summed E-state index contributed by atoms with van der Waals surface area (Å²) in [5.41, 5.74) is 2.49. The standard InChI is InChI=1S/C29H28N10O3/c1-17(2)39-26-20(28(41)38(39)3)9-10-23(33-26)34-29-31-15-21(27-35-24(37-42-27)19-11-13-30-14-12-19)25(36-29)32-22(16-40)18-7-5-4-6-8-18/h4-15,17,22,40H,16H2,1-3H3,(H2,31,32,33,34,36)/t22-/m1/s1. The molecule has 0 bridgehead atoms. The molecule has 0 aliphatic rings. The van der Waals surface area contributed by atoms with Gasteiger partial charge in [0.1, 0.15) is 17.2 Å². The monoisotopic (exact) mass is 564 g/mol. The van der Waals surface area contributed by atoms with Gasteiger partial charge in [0.05, 0.1) is 18.0 Å². The number of nitrogens with one attached hydrogen (secondary N) is 2. The number of rotatable bonds is 9. The first-order chi connectivity index (χ1) is 20.4. The van der Waals surface area contributed by atoms with Crippen molar-refractivity contribution in [1.29, 1.82) is 0 Å². The maximum Gasteiger partial charge on any atom is 0.275 e. The van der Waals surface area contributed by atoms with Crippen LogP contribution in [0.5, 0.6) is 0 Å². The first-order valence-electron chi connectivity index (χ1n) is 13.3. The molecule has 3 N–H and O–H groups in total. The molecule has 42 heavy (non-hydrogen) atoms. The smallest absolute Gasteiger partial charge is 0.275 e. The van der Waals surface area contributed by atoms with Crippen LogP contribution < -0.4 is 16.2 Å². The molecule has 1 aromatic carbocycles. The van der Waals surface area contributed by atoms with E-state index in [4.69, 9.17) is 9.51 Å². The number of benzene rings is 1. The highest BCUT2D eigenvalue weighted by Gasteiger charge is 2.21. The molecule has 0 aliphatic carbocycles. The Morgan fingerprint density at radius 3 is 2.52 bits per heavy atom. The van der Waals surface area contributed by atoms with E-state index in [1.807, 2.05) is 48.9 Å². The van der Waals surface area contributed by atoms with Gasteiger partial charge in [-0.3, -0.25) is 19.1 Å². The highest BCUT2D eigenvalue weighted by Crippen LogP contribution is 2.31. The average molecular weight is 565 g/mol. The topological polar surface area (TPSA) is 162 Å². The van der Waals surface area contributed by atoms with Crippen molar-refractivity contribution in [2.75, 3.05) is 17.2 Å². The Morgan fingerprint density at radius 1 is 1.00 bits per heavy atom. The van der Waals surface area contributed by atoms with Crippen molar-refractivity contribution in [3.63, 3.8) is 0 Å². The number of hydrogen-bond acceptors (Lipinski definition) is 11. The van der Waals surface area contributed by atoms with Crippen LogP contribution >= 0.6 is 0 Å². The van der Waals surface area contributed by atoms with Gasteiger partial charge in [0.15, 0.2) is 5.65 Å². The van der Waals surface area contributed by atoms with E-state index in [1.54, 1.807) is 54.6 Å². The Labute approximate surface area is 239 Å². The number of aliphatic hydroxyl groups is 1. The van der Waals surface area contributed by atoms with Crippen molar-refractivity contribution in [3.05, 3.63) is 89.1 Å². The number of fused-ring (bicyclic) bond motifs is 1. The molecular weight excluding hydrogens is 536 g/mol. The molecule has 0 amide bonds. The third-order valence-corrected chi connectivity index (χ3v) is 6.75. The van der Waals surface area contributed by atoms with Gasteiger partial charge in [-0.15, -0.1) is 0 Å². The zero-order chi connectivity index (χ0) is 29.2. The van der Waals surface area contributed by atoms with Gasteiger partial charge in [-0.1, -0.05) is 35.5 Å². The highest BCUT2D eigenvalue weighted by molar-refractivity contribution is 5.78. The van der Waals surface area contributed by atoms with E-state index in [1.165, 1.54) is 0 Å². The van der Waals surface area contributed by atoms with Crippen LogP contribution in [0.2, 0.25) is 0 Å². The lowest BCUT2D eigenvalue weighted by molar-refractivity contribution is 0.276. The fourth-order valence-corrected chi connectivity index (χ4v) is 4.72. The number of aliphatic hydroxyl groups excluding tert-OH is 1. The number of hydrogen-bond donors (Lipinski definition) is 3. The number of aromatic nitrogens is 8. The van der Waals surface area contributed by atoms with Crippen molar-refractivity contribution in [3.8, 4) is 22.8 Å². The summed E-state index contributed by atoms with van der Waals surface area (Å²) in [5, 5.41) is 21.3. The summed E-state index contributed by atoms with van der Waals surface area (Å²) in [6, 6.07) is 16.1. The molecule has 6 aromatic rings. The molecule has 5 aromatic heterocycles. The summed E-state index contributed by atoms with van der Waals surface area (Å²) in [6.07, 6.45) is 4.86. The quantitative estimate of drug-likeness (QED) is 0.232. The Hall–Kier alpha value is -5.43. The summed E-state index contributed by atoms with van der Waals surface area (Å²) >= 11 is 0. The van der Waals surface area contributed by atoms with Crippen LogP contribution in [0.1, 0.15) is 31.5 Å². The van der Waals surface area contributed by atoms with Gasteiger partial charge in [-0.2, -0.15) is 9.97 Å². The van der Waals surface area contributed by atoms with Crippen LogP contribution in [-0.2, 0) is 7.05 Å². The first kappa shape index (κ1) is 26.8. The van der Waals surface area contributed by atoms with Crippen LogP contribution in [0, 0.1) is 0 Å². The Bertz CT molecular complexity index is 1900. The molecule has 0 fully saturated rings. The van der Waals surface area contributed by atoms with Crippen molar-refractivity contribution in [2.24, 2.45) is 7.05 Å². The summed E-state index contributed by atoms with van der Waals surface area (Å²) in [6.45, 7) is 3.78. The molecule has 5 heterocycles. The molecule has 0 radical (unpaired) electrons. The van der Waals surface area contributed by atoms with Gasteiger partial charge >= 0.3 is 0 Å². The van der Waals surface area contributed by atoms with Crippen molar-refractivity contribution >= 4 is 28.6 Å². The highest BCUT2D eigenvalue weighted by atomic mass is 16.5. The second-order valence-electron chi connectivity index (χ2n) is 9.86. The largest absolute Gasteiger partial charge is 0.394 e. The summed E-state index contributed by atoms with van der Waals surface area (Å²) in [4.78, 5) is 35.1. The summed E-state index contributed by atoms with van der Waals surface area (Å²) in [5.74, 6) is 1.64. The number of nitrogens with zero attached hydrogens (tertiary/aromatic N) is 8.